The van der Waals surface area contributed by atoms with Crippen LogP contribution in [0.4, 0.5) is 0 Å². The molecule has 0 aromatic carbocycles. The van der Waals surface area contributed by atoms with Crippen LogP contribution >= 0.6 is 11.6 Å². The molecule has 0 radical (unpaired) electrons. The standard InChI is InChI=1S/C12H20ClN3O/c1-4-10-12(13)11(16(3)15-10)7-9(17)6-5-8(2)14/h8H,4-7,14H2,1-3H3. The second kappa shape index (κ2) is 6.17. The average molecular weight is 258 g/mol. The molecular formula is C12H20ClN3O. The molecule has 1 heterocycles. The molecule has 0 fully saturated rings. The van der Waals surface area contributed by atoms with Crippen molar-refractivity contribution in [2.24, 2.45) is 12.8 Å². The van der Waals surface area contributed by atoms with Gasteiger partial charge in [-0.25, -0.2) is 0 Å². The molecule has 1 aromatic heterocycles. The Balaban J connectivity index is 2.68. The number of carbonyl (C=O) groups excluding carboxylic acids is 1. The zero-order valence-corrected chi connectivity index (χ0v) is 11.4. The summed E-state index contributed by atoms with van der Waals surface area (Å²) >= 11 is 6.18. The molecule has 2 N–H and O–H groups in total. The number of nitrogens with zero attached hydrogens (tertiary/aromatic N) is 2. The molecule has 0 saturated carbocycles. The van der Waals surface area contributed by atoms with Crippen LogP contribution in [-0.4, -0.2) is 21.6 Å². The molecule has 1 atom stereocenters. The lowest BCUT2D eigenvalue weighted by molar-refractivity contribution is -0.118. The van der Waals surface area contributed by atoms with Crippen molar-refractivity contribution in [2.75, 3.05) is 0 Å². The SMILES string of the molecule is CCc1nn(C)c(CC(=O)CCC(C)N)c1Cl. The van der Waals surface area contributed by atoms with Crippen LogP contribution < -0.4 is 5.73 Å². The fraction of sp³-hybridized carbons (Fsp3) is 0.667. The predicted octanol–water partition coefficient (Wildman–Crippen LogP) is 1.87. The first-order valence-electron chi connectivity index (χ1n) is 5.93. The van der Waals surface area contributed by atoms with Crippen LogP contribution in [0.15, 0.2) is 0 Å². The van der Waals surface area contributed by atoms with E-state index in [4.69, 9.17) is 17.3 Å². The lowest BCUT2D eigenvalue weighted by Gasteiger charge is -2.05. The number of carbonyl (C=O) groups is 1. The maximum Gasteiger partial charge on any atom is 0.138 e. The highest BCUT2D eigenvalue weighted by Gasteiger charge is 2.16. The number of nitrogens with two attached hydrogens (primary N) is 1. The zero-order valence-electron chi connectivity index (χ0n) is 10.7. The summed E-state index contributed by atoms with van der Waals surface area (Å²) in [5, 5.41) is 4.91. The Kier molecular flexibility index (Phi) is 5.15. The summed E-state index contributed by atoms with van der Waals surface area (Å²) in [6.45, 7) is 3.90. The van der Waals surface area contributed by atoms with E-state index in [-0.39, 0.29) is 11.8 Å². The van der Waals surface area contributed by atoms with Gasteiger partial charge < -0.3 is 5.73 Å². The van der Waals surface area contributed by atoms with E-state index in [0.717, 1.165) is 24.2 Å². The van der Waals surface area contributed by atoms with Gasteiger partial charge in [-0.15, -0.1) is 0 Å². The van der Waals surface area contributed by atoms with E-state index in [1.54, 1.807) is 4.68 Å². The number of rotatable bonds is 6. The van der Waals surface area contributed by atoms with Crippen LogP contribution in [0, 0.1) is 0 Å². The average Bonchev–Trinajstić information content (AvgIpc) is 2.53. The molecule has 1 aromatic rings. The first kappa shape index (κ1) is 14.2. The number of ketones is 1. The Morgan fingerprint density at radius 2 is 2.24 bits per heavy atom. The Labute approximate surface area is 107 Å². The van der Waals surface area contributed by atoms with Gasteiger partial charge in [0.25, 0.3) is 0 Å². The molecule has 0 aliphatic carbocycles. The highest BCUT2D eigenvalue weighted by molar-refractivity contribution is 6.32. The van der Waals surface area contributed by atoms with E-state index >= 15 is 0 Å². The van der Waals surface area contributed by atoms with Gasteiger partial charge in [-0.3, -0.25) is 9.48 Å². The maximum absolute atomic E-state index is 11.8. The lowest BCUT2D eigenvalue weighted by atomic mass is 10.1. The normalized spacial score (nSPS) is 12.8. The third-order valence-electron chi connectivity index (χ3n) is 2.75. The van der Waals surface area contributed by atoms with Gasteiger partial charge in [0.1, 0.15) is 5.78 Å². The topological polar surface area (TPSA) is 60.9 Å². The largest absolute Gasteiger partial charge is 0.328 e. The van der Waals surface area contributed by atoms with Gasteiger partial charge in [-0.2, -0.15) is 5.10 Å². The third kappa shape index (κ3) is 3.82. The molecule has 0 amide bonds. The molecule has 1 rings (SSSR count). The molecule has 0 bridgehead atoms. The number of aryl methyl sites for hydroxylation is 2. The first-order valence-corrected chi connectivity index (χ1v) is 6.31. The minimum Gasteiger partial charge on any atom is -0.328 e. The van der Waals surface area contributed by atoms with Crippen LogP contribution in [0.1, 0.15) is 38.1 Å². The lowest BCUT2D eigenvalue weighted by Crippen LogP contribution is -2.17. The zero-order chi connectivity index (χ0) is 13.0. The van der Waals surface area contributed by atoms with Gasteiger partial charge in [-0.1, -0.05) is 18.5 Å². The van der Waals surface area contributed by atoms with Crippen molar-refractivity contribution < 1.29 is 4.79 Å². The molecule has 0 aliphatic rings. The summed E-state index contributed by atoms with van der Waals surface area (Å²) in [5.41, 5.74) is 7.28. The Morgan fingerprint density at radius 1 is 1.59 bits per heavy atom. The van der Waals surface area contributed by atoms with Gasteiger partial charge in [0.05, 0.1) is 16.4 Å². The number of Topliss-reactive ketones (excluding diaryl/α,β-unsaturated/α-hetero) is 1. The number of hydrogen-bond donors (Lipinski definition) is 1. The van der Waals surface area contributed by atoms with E-state index in [0.29, 0.717) is 17.9 Å². The quantitative estimate of drug-likeness (QED) is 0.846. The minimum atomic E-state index is 0.0622. The fourth-order valence-corrected chi connectivity index (χ4v) is 2.04. The summed E-state index contributed by atoms with van der Waals surface area (Å²) in [6.07, 6.45) is 2.34. The summed E-state index contributed by atoms with van der Waals surface area (Å²) in [4.78, 5) is 11.8. The molecule has 1 unspecified atom stereocenters. The van der Waals surface area contributed by atoms with Crippen LogP contribution in [0.3, 0.4) is 0 Å². The summed E-state index contributed by atoms with van der Waals surface area (Å²) in [7, 11) is 1.82. The number of aromatic nitrogens is 2. The summed E-state index contributed by atoms with van der Waals surface area (Å²) in [6, 6.07) is 0.0622. The fourth-order valence-electron chi connectivity index (χ4n) is 1.68. The Morgan fingerprint density at radius 3 is 2.71 bits per heavy atom. The van der Waals surface area contributed by atoms with Crippen molar-refractivity contribution in [1.29, 1.82) is 0 Å². The van der Waals surface area contributed by atoms with E-state index in [9.17, 15) is 4.79 Å². The number of hydrogen-bond acceptors (Lipinski definition) is 3. The minimum absolute atomic E-state index is 0.0622. The smallest absolute Gasteiger partial charge is 0.138 e. The van der Waals surface area contributed by atoms with Gasteiger partial charge in [0.15, 0.2) is 0 Å². The molecule has 96 valence electrons. The second-order valence-corrected chi connectivity index (χ2v) is 4.79. The molecule has 4 nitrogen and oxygen atoms in total. The van der Waals surface area contributed by atoms with E-state index in [2.05, 4.69) is 5.10 Å². The van der Waals surface area contributed by atoms with Crippen LogP contribution in [0.2, 0.25) is 5.02 Å². The molecule has 17 heavy (non-hydrogen) atoms. The van der Waals surface area contributed by atoms with Crippen molar-refractivity contribution in [3.05, 3.63) is 16.4 Å². The third-order valence-corrected chi connectivity index (χ3v) is 3.18. The highest BCUT2D eigenvalue weighted by Crippen LogP contribution is 2.21. The molecular weight excluding hydrogens is 238 g/mol. The van der Waals surface area contributed by atoms with Crippen molar-refractivity contribution in [1.82, 2.24) is 9.78 Å². The second-order valence-electron chi connectivity index (χ2n) is 4.42. The van der Waals surface area contributed by atoms with Gasteiger partial charge in [0, 0.05) is 25.9 Å². The van der Waals surface area contributed by atoms with E-state index in [1.165, 1.54) is 0 Å². The molecule has 0 saturated heterocycles. The van der Waals surface area contributed by atoms with Crippen molar-refractivity contribution >= 4 is 17.4 Å². The van der Waals surface area contributed by atoms with Crippen molar-refractivity contribution in [3.8, 4) is 0 Å². The first-order chi connectivity index (χ1) is 7.95. The Hall–Kier alpha value is -0.870. The van der Waals surface area contributed by atoms with Crippen molar-refractivity contribution in [3.63, 3.8) is 0 Å². The molecule has 0 aliphatic heterocycles. The van der Waals surface area contributed by atoms with Gasteiger partial charge in [0.2, 0.25) is 0 Å². The van der Waals surface area contributed by atoms with E-state index < -0.39 is 0 Å². The van der Waals surface area contributed by atoms with Crippen LogP contribution in [0.5, 0.6) is 0 Å². The predicted molar refractivity (Wildman–Crippen MR) is 69.2 cm³/mol. The van der Waals surface area contributed by atoms with Crippen LogP contribution in [-0.2, 0) is 24.7 Å². The Bertz CT molecular complexity index is 399. The molecule has 5 heteroatoms. The van der Waals surface area contributed by atoms with Gasteiger partial charge in [-0.05, 0) is 19.8 Å². The van der Waals surface area contributed by atoms with Gasteiger partial charge >= 0.3 is 0 Å². The maximum atomic E-state index is 11.8. The van der Waals surface area contributed by atoms with Crippen LogP contribution in [0.25, 0.3) is 0 Å². The molecule has 0 spiro atoms. The van der Waals surface area contributed by atoms with Crippen molar-refractivity contribution in [2.45, 2.75) is 45.6 Å². The monoisotopic (exact) mass is 257 g/mol. The summed E-state index contributed by atoms with van der Waals surface area (Å²) in [5.74, 6) is 0.162. The van der Waals surface area contributed by atoms with E-state index in [1.807, 2.05) is 20.9 Å². The number of halogens is 1. The summed E-state index contributed by atoms with van der Waals surface area (Å²) < 4.78 is 1.70. The highest BCUT2D eigenvalue weighted by atomic mass is 35.5.